The molecule has 2 N–H and O–H groups in total. The lowest BCUT2D eigenvalue weighted by Crippen LogP contribution is -2.88. The number of esters is 4. The molecule has 3 aliphatic rings. The summed E-state index contributed by atoms with van der Waals surface area (Å²) < 4.78 is 22.4. The van der Waals surface area contributed by atoms with Crippen LogP contribution in [0.1, 0.15) is 50.7 Å². The van der Waals surface area contributed by atoms with Crippen LogP contribution in [0.3, 0.4) is 0 Å². The molecule has 44 heavy (non-hydrogen) atoms. The Morgan fingerprint density at radius 2 is 0.909 bits per heavy atom. The van der Waals surface area contributed by atoms with E-state index in [0.29, 0.717) is 11.1 Å². The van der Waals surface area contributed by atoms with E-state index in [-0.39, 0.29) is 37.6 Å². The van der Waals surface area contributed by atoms with Gasteiger partial charge in [0.05, 0.1) is 49.7 Å². The fourth-order valence-corrected chi connectivity index (χ4v) is 7.48. The van der Waals surface area contributed by atoms with Crippen molar-refractivity contribution in [3.8, 4) is 0 Å². The molecule has 2 aromatic carbocycles. The minimum Gasteiger partial charge on any atom is -0.465 e. The number of ether oxygens (including phenoxy) is 4. The summed E-state index contributed by atoms with van der Waals surface area (Å²) in [5.41, 5.74) is -1.30. The van der Waals surface area contributed by atoms with Crippen molar-refractivity contribution in [1.82, 2.24) is 10.6 Å². The van der Waals surface area contributed by atoms with Crippen molar-refractivity contribution in [1.29, 1.82) is 0 Å². The Kier molecular flexibility index (Phi) is 8.80. The maximum absolute atomic E-state index is 14.5. The summed E-state index contributed by atoms with van der Waals surface area (Å²) in [6, 6.07) is 16.4. The molecule has 232 valence electrons. The second kappa shape index (κ2) is 12.6. The number of rotatable bonds is 10. The normalized spacial score (nSPS) is 28.2. The van der Waals surface area contributed by atoms with Crippen LogP contribution in [0.2, 0.25) is 0 Å². The molecule has 10 heteroatoms. The fraction of sp³-hybridized carbons (Fsp3) is 0.412. The van der Waals surface area contributed by atoms with Gasteiger partial charge in [-0.1, -0.05) is 60.7 Å². The number of carbonyl (C=O) groups excluding carboxylic acids is 4. The third-order valence-corrected chi connectivity index (χ3v) is 8.85. The minimum atomic E-state index is -1.54. The van der Waals surface area contributed by atoms with Crippen LogP contribution in [0, 0.1) is 10.8 Å². The molecule has 0 amide bonds. The Bertz CT molecular complexity index is 1350. The van der Waals surface area contributed by atoms with Crippen molar-refractivity contribution in [2.75, 3.05) is 26.4 Å². The van der Waals surface area contributed by atoms with Crippen LogP contribution in [0.5, 0.6) is 0 Å². The topological polar surface area (TPSA) is 129 Å². The van der Waals surface area contributed by atoms with Crippen LogP contribution in [-0.2, 0) is 38.1 Å². The highest BCUT2D eigenvalue weighted by atomic mass is 16.5. The summed E-state index contributed by atoms with van der Waals surface area (Å²) in [5, 5.41) is 6.55. The first kappa shape index (κ1) is 30.8. The summed E-state index contributed by atoms with van der Waals surface area (Å²) in [4.78, 5) is 55.9. The molecule has 2 aromatic rings. The second-order valence-electron chi connectivity index (χ2n) is 10.8. The average Bonchev–Trinajstić information content (AvgIpc) is 3.03. The van der Waals surface area contributed by atoms with Crippen LogP contribution < -0.4 is 10.6 Å². The summed E-state index contributed by atoms with van der Waals surface area (Å²) in [6.45, 7) is 7.22. The van der Waals surface area contributed by atoms with Gasteiger partial charge in [-0.2, -0.15) is 0 Å². The number of fused-ring (bicyclic) bond motifs is 4. The molecule has 0 aromatic heterocycles. The lowest BCUT2D eigenvalue weighted by molar-refractivity contribution is -0.214. The average molecular weight is 603 g/mol. The molecular weight excluding hydrogens is 564 g/mol. The summed E-state index contributed by atoms with van der Waals surface area (Å²) in [5.74, 6) is -4.13. The van der Waals surface area contributed by atoms with Gasteiger partial charge in [-0.15, -0.1) is 0 Å². The van der Waals surface area contributed by atoms with Crippen LogP contribution >= 0.6 is 0 Å². The maximum Gasteiger partial charge on any atom is 0.336 e. The van der Waals surface area contributed by atoms with E-state index in [2.05, 4.69) is 10.6 Å². The molecule has 10 nitrogen and oxygen atoms in total. The third kappa shape index (κ3) is 4.46. The van der Waals surface area contributed by atoms with Crippen molar-refractivity contribution in [3.63, 3.8) is 0 Å². The molecule has 2 aliphatic heterocycles. The lowest BCUT2D eigenvalue weighted by atomic mass is 9.34. The molecule has 0 spiro atoms. The van der Waals surface area contributed by atoms with Gasteiger partial charge in [-0.25, -0.2) is 9.59 Å². The Labute approximate surface area is 256 Å². The second-order valence-corrected chi connectivity index (χ2v) is 10.8. The first-order chi connectivity index (χ1) is 21.3. The quantitative estimate of drug-likeness (QED) is 0.308. The van der Waals surface area contributed by atoms with E-state index in [1.165, 1.54) is 12.4 Å². The molecule has 2 heterocycles. The third-order valence-electron chi connectivity index (χ3n) is 8.85. The maximum atomic E-state index is 14.5. The van der Waals surface area contributed by atoms with E-state index >= 15 is 0 Å². The first-order valence-corrected chi connectivity index (χ1v) is 15.1. The van der Waals surface area contributed by atoms with Gasteiger partial charge in [0, 0.05) is 24.2 Å². The zero-order valence-corrected chi connectivity index (χ0v) is 25.3. The fourth-order valence-electron chi connectivity index (χ4n) is 7.48. The molecule has 1 aliphatic carbocycles. The van der Waals surface area contributed by atoms with E-state index in [0.717, 1.165) is 0 Å². The predicted octanol–water partition coefficient (Wildman–Crippen LogP) is 3.50. The van der Waals surface area contributed by atoms with Crippen molar-refractivity contribution in [2.24, 2.45) is 10.8 Å². The van der Waals surface area contributed by atoms with Crippen LogP contribution in [0.25, 0.3) is 0 Å². The van der Waals surface area contributed by atoms with E-state index < -0.39 is 58.6 Å². The molecule has 0 saturated heterocycles. The Morgan fingerprint density at radius 1 is 0.568 bits per heavy atom. The van der Waals surface area contributed by atoms with Crippen LogP contribution in [0.15, 0.2) is 84.2 Å². The van der Waals surface area contributed by atoms with E-state index in [1.807, 2.05) is 60.7 Å². The summed E-state index contributed by atoms with van der Waals surface area (Å²) in [6.07, 6.45) is 3.05. The molecule has 0 unspecified atom stereocenters. The molecule has 1 saturated carbocycles. The lowest BCUT2D eigenvalue weighted by Gasteiger charge is -2.71. The number of hydrogen-bond donors (Lipinski definition) is 2. The number of carbonyl (C=O) groups is 4. The molecule has 1 fully saturated rings. The highest BCUT2D eigenvalue weighted by molar-refractivity contribution is 6.01. The van der Waals surface area contributed by atoms with Crippen LogP contribution in [-0.4, -0.2) is 62.4 Å². The van der Waals surface area contributed by atoms with E-state index in [9.17, 15) is 19.2 Å². The summed E-state index contributed by atoms with van der Waals surface area (Å²) >= 11 is 0. The number of nitrogens with one attached hydrogen (secondary N) is 2. The van der Waals surface area contributed by atoms with E-state index in [4.69, 9.17) is 18.9 Å². The molecule has 5 rings (SSSR count). The molecular formula is C34H38N2O8. The van der Waals surface area contributed by atoms with Crippen molar-refractivity contribution in [2.45, 2.75) is 51.6 Å². The molecule has 0 radical (unpaired) electrons. The minimum absolute atomic E-state index is 0.0679. The van der Waals surface area contributed by atoms with Gasteiger partial charge >= 0.3 is 23.9 Å². The summed E-state index contributed by atoms with van der Waals surface area (Å²) in [7, 11) is 0. The Morgan fingerprint density at radius 3 is 1.23 bits per heavy atom. The zero-order valence-electron chi connectivity index (χ0n) is 25.3. The Balaban J connectivity index is 1.84. The van der Waals surface area contributed by atoms with Gasteiger partial charge < -0.3 is 29.6 Å². The van der Waals surface area contributed by atoms with Crippen molar-refractivity contribution < 1.29 is 38.1 Å². The number of benzene rings is 2. The van der Waals surface area contributed by atoms with Crippen molar-refractivity contribution in [3.05, 3.63) is 95.3 Å². The van der Waals surface area contributed by atoms with Gasteiger partial charge in [-0.3, -0.25) is 9.59 Å². The number of hydrogen-bond acceptors (Lipinski definition) is 10. The smallest absolute Gasteiger partial charge is 0.336 e. The largest absolute Gasteiger partial charge is 0.465 e. The zero-order chi connectivity index (χ0) is 31.5. The standard InChI is InChI=1S/C34H38N2O8/c1-5-41-27(37)23-19-35-29-33(31(39)43-7-3,25(23)21-15-11-9-12-16-21)30-34(29,32(40)44-8-4)26(22-17-13-10-14-18-22)24(20-36-30)28(38)42-6-2/h9-20,25-26,29-30,35-36H,5-8H2,1-4H3/t25-,26-,29?,30?,33?,34?/m0/s1. The highest BCUT2D eigenvalue weighted by Gasteiger charge is 2.85. The monoisotopic (exact) mass is 602 g/mol. The van der Waals surface area contributed by atoms with E-state index in [1.54, 1.807) is 27.7 Å². The van der Waals surface area contributed by atoms with Crippen molar-refractivity contribution >= 4 is 23.9 Å². The first-order valence-electron chi connectivity index (χ1n) is 15.1. The van der Waals surface area contributed by atoms with Gasteiger partial charge in [0.25, 0.3) is 0 Å². The van der Waals surface area contributed by atoms with Gasteiger partial charge in [0.1, 0.15) is 10.8 Å². The molecule has 0 atom stereocenters. The Hall–Kier alpha value is -4.60. The predicted molar refractivity (Wildman–Crippen MR) is 160 cm³/mol. The van der Waals surface area contributed by atoms with Gasteiger partial charge in [0.2, 0.25) is 0 Å². The molecule has 0 bridgehead atoms. The highest BCUT2D eigenvalue weighted by Crippen LogP contribution is 2.71. The van der Waals surface area contributed by atoms with Gasteiger partial charge in [-0.05, 0) is 38.8 Å². The van der Waals surface area contributed by atoms with Gasteiger partial charge in [0.15, 0.2) is 0 Å². The van der Waals surface area contributed by atoms with Crippen LogP contribution in [0.4, 0.5) is 0 Å². The SMILES string of the molecule is CCOC(=O)C1=CNC2C(C(=O)OCC)(C3NC=C(C(=O)OCC)[C@H](c4ccccc4)C23C(=O)OCC)[C@H]1c1ccccc1.